The van der Waals surface area contributed by atoms with Crippen LogP contribution < -0.4 is 11.3 Å². The van der Waals surface area contributed by atoms with Gasteiger partial charge in [0.2, 0.25) is 0 Å². The van der Waals surface area contributed by atoms with E-state index in [4.69, 9.17) is 5.73 Å². The number of aromatic nitrogens is 2. The molecule has 0 saturated carbocycles. The maximum absolute atomic E-state index is 12.1. The Morgan fingerprint density at radius 2 is 1.74 bits per heavy atom. The first-order valence-corrected chi connectivity index (χ1v) is 8.63. The highest BCUT2D eigenvalue weighted by atomic mass is 32.2. The molecule has 0 spiro atoms. The minimum Gasteiger partial charge on any atom is -0.393 e. The van der Waals surface area contributed by atoms with Gasteiger partial charge in [-0.3, -0.25) is 9.48 Å². The lowest BCUT2D eigenvalue weighted by atomic mass is 10.2. The minimum atomic E-state index is -3.10. The summed E-state index contributed by atoms with van der Waals surface area (Å²) >= 11 is 0. The lowest BCUT2D eigenvalue weighted by molar-refractivity contribution is 0.439. The van der Waals surface area contributed by atoms with Crippen molar-refractivity contribution in [1.82, 2.24) is 9.36 Å². The molecule has 0 saturated heterocycles. The molecule has 19 heavy (non-hydrogen) atoms. The fourth-order valence-corrected chi connectivity index (χ4v) is 2.60. The van der Waals surface area contributed by atoms with E-state index in [0.29, 0.717) is 6.54 Å². The second-order valence-corrected chi connectivity index (χ2v) is 7.05. The Morgan fingerprint density at radius 1 is 1.11 bits per heavy atom. The van der Waals surface area contributed by atoms with Crippen molar-refractivity contribution < 1.29 is 8.42 Å². The second kappa shape index (κ2) is 6.27. The molecule has 1 heterocycles. The second-order valence-electron chi connectivity index (χ2n) is 4.79. The number of hydrogen-bond acceptors (Lipinski definition) is 4. The predicted octanol–water partition coefficient (Wildman–Crippen LogP) is 0.639. The summed E-state index contributed by atoms with van der Waals surface area (Å²) in [5.74, 6) is -0.0500. The van der Waals surface area contributed by atoms with E-state index in [0.717, 1.165) is 25.0 Å². The fourth-order valence-electron chi connectivity index (χ4n) is 2.10. The number of anilines is 1. The van der Waals surface area contributed by atoms with Crippen molar-refractivity contribution in [1.29, 1.82) is 0 Å². The fraction of sp³-hybridized carbons (Fsp3) is 0.750. The Labute approximate surface area is 114 Å². The zero-order chi connectivity index (χ0) is 14.6. The summed E-state index contributed by atoms with van der Waals surface area (Å²) < 4.78 is 25.8. The van der Waals surface area contributed by atoms with E-state index in [1.165, 1.54) is 10.9 Å². The zero-order valence-corrected chi connectivity index (χ0v) is 12.7. The quantitative estimate of drug-likeness (QED) is 0.798. The van der Waals surface area contributed by atoms with Crippen LogP contribution in [0.4, 0.5) is 5.69 Å². The van der Waals surface area contributed by atoms with Gasteiger partial charge in [-0.05, 0) is 12.8 Å². The van der Waals surface area contributed by atoms with Crippen LogP contribution in [0.5, 0.6) is 0 Å². The zero-order valence-electron chi connectivity index (χ0n) is 11.8. The molecule has 1 rings (SSSR count). The van der Waals surface area contributed by atoms with Gasteiger partial charge in [-0.1, -0.05) is 20.3 Å². The first kappa shape index (κ1) is 15.8. The average Bonchev–Trinajstić information content (AvgIpc) is 2.52. The molecule has 6 nitrogen and oxygen atoms in total. The number of nitrogens with two attached hydrogens (primary N) is 1. The molecule has 2 N–H and O–H groups in total. The highest BCUT2D eigenvalue weighted by Gasteiger charge is 2.17. The van der Waals surface area contributed by atoms with E-state index in [9.17, 15) is 13.2 Å². The van der Waals surface area contributed by atoms with Crippen LogP contribution in [-0.4, -0.2) is 29.8 Å². The van der Waals surface area contributed by atoms with Gasteiger partial charge in [0.05, 0.1) is 18.0 Å². The van der Waals surface area contributed by atoms with Crippen molar-refractivity contribution in [3.63, 3.8) is 0 Å². The Hall–Kier alpha value is -1.24. The topological polar surface area (TPSA) is 87.1 Å². The summed E-state index contributed by atoms with van der Waals surface area (Å²) in [5, 5.41) is 0. The molecule has 0 fully saturated rings. The third-order valence-electron chi connectivity index (χ3n) is 2.97. The van der Waals surface area contributed by atoms with Gasteiger partial charge >= 0.3 is 0 Å². The van der Waals surface area contributed by atoms with Crippen LogP contribution in [0.3, 0.4) is 0 Å². The van der Waals surface area contributed by atoms with Crippen LogP contribution in [-0.2, 0) is 29.3 Å². The Balaban J connectivity index is 3.21. The Morgan fingerprint density at radius 3 is 2.21 bits per heavy atom. The van der Waals surface area contributed by atoms with Gasteiger partial charge in [-0.2, -0.15) is 0 Å². The smallest absolute Gasteiger partial charge is 0.290 e. The van der Waals surface area contributed by atoms with Crippen molar-refractivity contribution in [3.05, 3.63) is 16.0 Å². The molecule has 0 amide bonds. The van der Waals surface area contributed by atoms with Crippen molar-refractivity contribution in [3.8, 4) is 0 Å². The van der Waals surface area contributed by atoms with E-state index >= 15 is 0 Å². The van der Waals surface area contributed by atoms with E-state index in [-0.39, 0.29) is 23.5 Å². The molecule has 1 aromatic heterocycles. The molecule has 1 aromatic rings. The van der Waals surface area contributed by atoms with Crippen molar-refractivity contribution in [2.45, 2.75) is 46.2 Å². The summed E-state index contributed by atoms with van der Waals surface area (Å²) in [6, 6.07) is 0. The number of nitrogen functional groups attached to an aromatic ring is 1. The normalized spacial score (nSPS) is 11.9. The SMILES string of the molecule is CCCc1c(N)c(=O)n(CCS(C)(=O)=O)n1CCC. The predicted molar refractivity (Wildman–Crippen MR) is 77.1 cm³/mol. The lowest BCUT2D eigenvalue weighted by Gasteiger charge is -2.13. The minimum absolute atomic E-state index is 0.0500. The van der Waals surface area contributed by atoms with Crippen LogP contribution in [0.15, 0.2) is 4.79 Å². The molecule has 0 radical (unpaired) electrons. The average molecular weight is 289 g/mol. The number of nitrogens with zero attached hydrogens (tertiary/aromatic N) is 2. The van der Waals surface area contributed by atoms with Gasteiger partial charge in [0.15, 0.2) is 0 Å². The van der Waals surface area contributed by atoms with Gasteiger partial charge in [0, 0.05) is 12.8 Å². The van der Waals surface area contributed by atoms with Crippen LogP contribution >= 0.6 is 0 Å². The van der Waals surface area contributed by atoms with E-state index < -0.39 is 9.84 Å². The molecule has 110 valence electrons. The molecule has 0 aromatic carbocycles. The van der Waals surface area contributed by atoms with E-state index in [2.05, 4.69) is 0 Å². The third kappa shape index (κ3) is 3.86. The van der Waals surface area contributed by atoms with E-state index in [1.807, 2.05) is 18.5 Å². The first-order valence-electron chi connectivity index (χ1n) is 6.57. The summed E-state index contributed by atoms with van der Waals surface area (Å²) in [7, 11) is -3.10. The van der Waals surface area contributed by atoms with E-state index in [1.54, 1.807) is 0 Å². The Bertz CT molecular complexity index is 584. The van der Waals surface area contributed by atoms with Crippen LogP contribution in [0.2, 0.25) is 0 Å². The van der Waals surface area contributed by atoms with Gasteiger partial charge in [0.1, 0.15) is 15.5 Å². The molecular weight excluding hydrogens is 266 g/mol. The summed E-state index contributed by atoms with van der Waals surface area (Å²) in [6.07, 6.45) is 3.65. The van der Waals surface area contributed by atoms with Crippen LogP contribution in [0.1, 0.15) is 32.4 Å². The summed E-state index contributed by atoms with van der Waals surface area (Å²) in [6.45, 7) is 4.86. The molecule has 0 aliphatic carbocycles. The monoisotopic (exact) mass is 289 g/mol. The summed E-state index contributed by atoms with van der Waals surface area (Å²) in [5.41, 5.74) is 6.65. The van der Waals surface area contributed by atoms with Gasteiger partial charge in [0.25, 0.3) is 5.56 Å². The maximum atomic E-state index is 12.1. The first-order chi connectivity index (χ1) is 8.81. The van der Waals surface area contributed by atoms with Crippen molar-refractivity contribution in [2.24, 2.45) is 0 Å². The van der Waals surface area contributed by atoms with Crippen LogP contribution in [0.25, 0.3) is 0 Å². The molecule has 7 heteroatoms. The van der Waals surface area contributed by atoms with Gasteiger partial charge in [-0.15, -0.1) is 0 Å². The molecule has 0 unspecified atom stereocenters. The molecule has 0 aliphatic heterocycles. The number of hydrogen-bond donors (Lipinski definition) is 1. The highest BCUT2D eigenvalue weighted by molar-refractivity contribution is 7.90. The number of rotatable bonds is 7. The largest absolute Gasteiger partial charge is 0.393 e. The molecule has 0 aliphatic rings. The molecule has 0 bridgehead atoms. The van der Waals surface area contributed by atoms with Crippen LogP contribution in [0, 0.1) is 0 Å². The third-order valence-corrected chi connectivity index (χ3v) is 3.90. The standard InChI is InChI=1S/C12H23N3O3S/c1-4-6-10-11(13)12(16)15(14(10)7-5-2)8-9-19(3,17)18/h4-9,13H2,1-3H3. The molecular formula is C12H23N3O3S. The lowest BCUT2D eigenvalue weighted by Crippen LogP contribution is -2.27. The Kier molecular flexibility index (Phi) is 5.22. The van der Waals surface area contributed by atoms with Gasteiger partial charge in [-0.25, -0.2) is 13.1 Å². The highest BCUT2D eigenvalue weighted by Crippen LogP contribution is 2.12. The van der Waals surface area contributed by atoms with Gasteiger partial charge < -0.3 is 5.73 Å². The van der Waals surface area contributed by atoms with Crippen molar-refractivity contribution >= 4 is 15.5 Å². The summed E-state index contributed by atoms with van der Waals surface area (Å²) in [4.78, 5) is 12.1. The number of sulfone groups is 1. The molecule has 0 atom stereocenters. The van der Waals surface area contributed by atoms with Crippen molar-refractivity contribution in [2.75, 3.05) is 17.7 Å². The maximum Gasteiger partial charge on any atom is 0.290 e.